The van der Waals surface area contributed by atoms with Gasteiger partial charge in [0.25, 0.3) is 5.91 Å². The number of likely N-dealkylation sites (tertiary alicyclic amines) is 1. The molecule has 1 aliphatic rings. The number of methoxy groups -OCH3 is 1. The number of pyridine rings is 1. The van der Waals surface area contributed by atoms with Gasteiger partial charge in [0.15, 0.2) is 0 Å². The minimum atomic E-state index is -0.302. The Balaban J connectivity index is 1.42. The molecule has 10 heteroatoms. The molecule has 212 valence electrons. The van der Waals surface area contributed by atoms with Crippen molar-refractivity contribution in [3.8, 4) is 28.1 Å². The summed E-state index contributed by atoms with van der Waals surface area (Å²) in [6.07, 6.45) is 4.19. The molecule has 2 N–H and O–H groups in total. The molecule has 0 aliphatic carbocycles. The Morgan fingerprint density at radius 2 is 1.90 bits per heavy atom. The van der Waals surface area contributed by atoms with Gasteiger partial charge in [0, 0.05) is 46.7 Å². The maximum atomic E-state index is 13.4. The Bertz CT molecular complexity index is 1950. The highest BCUT2D eigenvalue weighted by Gasteiger charge is 2.23. The quantitative estimate of drug-likeness (QED) is 0.265. The summed E-state index contributed by atoms with van der Waals surface area (Å²) in [5.41, 5.74) is 6.29. The maximum absolute atomic E-state index is 13.4. The Morgan fingerprint density at radius 3 is 2.69 bits per heavy atom. The predicted molar refractivity (Wildman–Crippen MR) is 162 cm³/mol. The number of hydrogen-bond acceptors (Lipinski definition) is 8. The summed E-state index contributed by atoms with van der Waals surface area (Å²) in [6.45, 7) is 7.30. The number of amides is 1. The zero-order chi connectivity index (χ0) is 28.8. The second-order valence-corrected chi connectivity index (χ2v) is 10.7. The number of aromatic nitrogens is 5. The summed E-state index contributed by atoms with van der Waals surface area (Å²) in [7, 11) is 1.65. The van der Waals surface area contributed by atoms with Gasteiger partial charge in [-0.3, -0.25) is 9.78 Å². The number of hydrogen-bond donors (Lipinski definition) is 2. The summed E-state index contributed by atoms with van der Waals surface area (Å²) in [5, 5.41) is 9.79. The van der Waals surface area contributed by atoms with E-state index in [2.05, 4.69) is 25.3 Å². The van der Waals surface area contributed by atoms with Gasteiger partial charge in [-0.25, -0.2) is 9.97 Å². The lowest BCUT2D eigenvalue weighted by Crippen LogP contribution is -2.34. The Kier molecular flexibility index (Phi) is 6.54. The fourth-order valence-corrected chi connectivity index (χ4v) is 6.07. The van der Waals surface area contributed by atoms with Gasteiger partial charge in [0.2, 0.25) is 5.82 Å². The number of nitrogens with one attached hydrogen (secondary N) is 2. The van der Waals surface area contributed by atoms with Crippen LogP contribution in [0.4, 0.5) is 0 Å². The minimum Gasteiger partial charge on any atom is -0.496 e. The van der Waals surface area contributed by atoms with Crippen LogP contribution in [-0.4, -0.2) is 69.2 Å². The topological polar surface area (TPSA) is 122 Å². The van der Waals surface area contributed by atoms with Gasteiger partial charge in [-0.2, -0.15) is 0 Å². The van der Waals surface area contributed by atoms with E-state index in [1.807, 2.05) is 56.3 Å². The van der Waals surface area contributed by atoms with Gasteiger partial charge in [0.1, 0.15) is 17.2 Å². The Hall–Kier alpha value is -4.83. The summed E-state index contributed by atoms with van der Waals surface area (Å²) in [5.74, 6) is 1.19. The molecule has 1 aliphatic heterocycles. The lowest BCUT2D eigenvalue weighted by atomic mass is 9.99. The normalized spacial score (nSPS) is 13.9. The number of nitrogens with zero attached hydrogens (tertiary/aromatic N) is 5. The lowest BCUT2D eigenvalue weighted by Gasteiger charge is -2.14. The molecular formula is C32H31N7O3. The fourth-order valence-electron chi connectivity index (χ4n) is 6.07. The van der Waals surface area contributed by atoms with Gasteiger partial charge in [-0.1, -0.05) is 23.4 Å². The number of para-hydroxylation sites is 1. The fraction of sp³-hybridized carbons (Fsp3) is 0.281. The second kappa shape index (κ2) is 10.5. The molecule has 0 saturated carbocycles. The highest BCUT2D eigenvalue weighted by atomic mass is 16.5. The number of ether oxygens (including phenoxy) is 1. The van der Waals surface area contributed by atoms with Crippen molar-refractivity contribution in [2.24, 2.45) is 0 Å². The van der Waals surface area contributed by atoms with Crippen molar-refractivity contribution in [3.05, 3.63) is 65.9 Å². The third-order valence-electron chi connectivity index (χ3n) is 8.09. The molecule has 1 saturated heterocycles. The van der Waals surface area contributed by atoms with Crippen LogP contribution >= 0.6 is 0 Å². The van der Waals surface area contributed by atoms with Crippen molar-refractivity contribution >= 4 is 38.7 Å². The number of H-pyrrole nitrogens is 1. The Labute approximate surface area is 242 Å². The van der Waals surface area contributed by atoms with Crippen molar-refractivity contribution in [1.82, 2.24) is 35.3 Å². The van der Waals surface area contributed by atoms with Gasteiger partial charge < -0.3 is 24.5 Å². The molecule has 0 unspecified atom stereocenters. The van der Waals surface area contributed by atoms with E-state index < -0.39 is 0 Å². The molecule has 4 aromatic heterocycles. The first-order chi connectivity index (χ1) is 20.5. The molecule has 10 nitrogen and oxygen atoms in total. The average molecular weight is 562 g/mol. The average Bonchev–Trinajstić information content (AvgIpc) is 3.74. The monoisotopic (exact) mass is 561 g/mol. The number of aromatic amines is 1. The minimum absolute atomic E-state index is 0.115. The lowest BCUT2D eigenvalue weighted by molar-refractivity contribution is 0.0939. The molecule has 42 heavy (non-hydrogen) atoms. The molecule has 1 amide bonds. The van der Waals surface area contributed by atoms with E-state index >= 15 is 0 Å². The van der Waals surface area contributed by atoms with Crippen LogP contribution < -0.4 is 10.1 Å². The largest absolute Gasteiger partial charge is 0.496 e. The summed E-state index contributed by atoms with van der Waals surface area (Å²) in [6, 6.07) is 13.9. The van der Waals surface area contributed by atoms with Crippen molar-refractivity contribution < 1.29 is 14.1 Å². The summed E-state index contributed by atoms with van der Waals surface area (Å²) >= 11 is 0. The standard InChI is InChI=1S/C32H31N7O3/c1-18-27(19(2)42-38-18)23-16-25-22(17-26(23)41-3)28-29(21-10-11-33-24-9-5-4-8-20(21)24)36-31(37-30(28)35-25)32(40)34-12-15-39-13-6-7-14-39/h4-5,8-11,16-17H,6-7,12-15H2,1-3H3,(H,34,40)(H,35,36,37). The van der Waals surface area contributed by atoms with Gasteiger partial charge in [-0.05, 0) is 64.0 Å². The van der Waals surface area contributed by atoms with E-state index in [0.29, 0.717) is 29.4 Å². The van der Waals surface area contributed by atoms with Gasteiger partial charge in [0.05, 0.1) is 35.0 Å². The highest BCUT2D eigenvalue weighted by Crippen LogP contribution is 2.42. The molecular weight excluding hydrogens is 530 g/mol. The van der Waals surface area contributed by atoms with Crippen molar-refractivity contribution in [3.63, 3.8) is 0 Å². The molecule has 0 spiro atoms. The van der Waals surface area contributed by atoms with E-state index in [1.165, 1.54) is 12.8 Å². The molecule has 0 atom stereocenters. The first-order valence-electron chi connectivity index (χ1n) is 14.2. The second-order valence-electron chi connectivity index (χ2n) is 10.7. The van der Waals surface area contributed by atoms with Crippen LogP contribution in [-0.2, 0) is 0 Å². The van der Waals surface area contributed by atoms with E-state index in [-0.39, 0.29) is 11.7 Å². The first-order valence-corrected chi connectivity index (χ1v) is 14.2. The maximum Gasteiger partial charge on any atom is 0.289 e. The molecule has 1 fully saturated rings. The SMILES string of the molecule is COc1cc2c(cc1-c1c(C)noc1C)[nH]c1nc(C(=O)NCCN3CCCC3)nc(-c3ccnc4ccccc34)c12. The molecule has 6 aromatic rings. The van der Waals surface area contributed by atoms with Crippen molar-refractivity contribution in [2.45, 2.75) is 26.7 Å². The zero-order valence-corrected chi connectivity index (χ0v) is 23.8. The van der Waals surface area contributed by atoms with Crippen molar-refractivity contribution in [1.29, 1.82) is 0 Å². The first kappa shape index (κ1) is 26.1. The van der Waals surface area contributed by atoms with Crippen LogP contribution in [0.25, 0.3) is 55.2 Å². The predicted octanol–water partition coefficient (Wildman–Crippen LogP) is 5.43. The van der Waals surface area contributed by atoms with Crippen LogP contribution in [0.2, 0.25) is 0 Å². The third kappa shape index (κ3) is 4.44. The molecule has 5 heterocycles. The number of carbonyl (C=O) groups is 1. The Morgan fingerprint density at radius 1 is 1.07 bits per heavy atom. The zero-order valence-electron chi connectivity index (χ0n) is 23.8. The van der Waals surface area contributed by atoms with Crippen LogP contribution in [0.1, 0.15) is 34.9 Å². The number of rotatable bonds is 7. The highest BCUT2D eigenvalue weighted by molar-refractivity contribution is 6.16. The van der Waals surface area contributed by atoms with E-state index in [0.717, 1.165) is 69.2 Å². The van der Waals surface area contributed by atoms with Crippen LogP contribution in [0.3, 0.4) is 0 Å². The number of aryl methyl sites for hydroxylation is 2. The molecule has 0 bridgehead atoms. The molecule has 0 radical (unpaired) electrons. The van der Waals surface area contributed by atoms with Gasteiger partial charge >= 0.3 is 0 Å². The molecule has 2 aromatic carbocycles. The van der Waals surface area contributed by atoms with Crippen LogP contribution in [0.15, 0.2) is 53.2 Å². The summed E-state index contributed by atoms with van der Waals surface area (Å²) in [4.78, 5) is 33.4. The summed E-state index contributed by atoms with van der Waals surface area (Å²) < 4.78 is 11.3. The number of fused-ring (bicyclic) bond motifs is 4. The van der Waals surface area contributed by atoms with Crippen LogP contribution in [0, 0.1) is 13.8 Å². The van der Waals surface area contributed by atoms with E-state index in [1.54, 1.807) is 13.3 Å². The number of benzene rings is 2. The third-order valence-corrected chi connectivity index (χ3v) is 8.09. The van der Waals surface area contributed by atoms with Crippen molar-refractivity contribution in [2.75, 3.05) is 33.3 Å². The smallest absolute Gasteiger partial charge is 0.289 e. The number of carbonyl (C=O) groups excluding carboxylic acids is 1. The van der Waals surface area contributed by atoms with E-state index in [9.17, 15) is 4.79 Å². The molecule has 7 rings (SSSR count). The van der Waals surface area contributed by atoms with E-state index in [4.69, 9.17) is 19.2 Å². The van der Waals surface area contributed by atoms with Crippen LogP contribution in [0.5, 0.6) is 5.75 Å². The van der Waals surface area contributed by atoms with Gasteiger partial charge in [-0.15, -0.1) is 0 Å².